The van der Waals surface area contributed by atoms with Crippen LogP contribution < -0.4 is 26.0 Å². The first kappa shape index (κ1) is 39.4. The van der Waals surface area contributed by atoms with Crippen molar-refractivity contribution in [1.82, 2.24) is 16.0 Å². The maximum Gasteiger partial charge on any atom is 0.407 e. The summed E-state index contributed by atoms with van der Waals surface area (Å²) in [4.78, 5) is 63.5. The van der Waals surface area contributed by atoms with Crippen LogP contribution in [0.4, 0.5) is 32.4 Å². The minimum absolute atomic E-state index is 0.0131. The molecule has 48 heavy (non-hydrogen) atoms. The third-order valence-corrected chi connectivity index (χ3v) is 6.38. The van der Waals surface area contributed by atoms with Crippen LogP contribution in [0.2, 0.25) is 0 Å². The molecule has 0 spiro atoms. The van der Waals surface area contributed by atoms with Crippen LogP contribution in [-0.4, -0.2) is 60.4 Å². The van der Waals surface area contributed by atoms with Crippen LogP contribution >= 0.6 is 0 Å². The predicted octanol–water partition coefficient (Wildman–Crippen LogP) is 4.68. The molecule has 2 aromatic rings. The number of ketones is 1. The molecule has 0 bridgehead atoms. The van der Waals surface area contributed by atoms with E-state index in [1.807, 2.05) is 0 Å². The number of carbonyl (C=O) groups is 5. The summed E-state index contributed by atoms with van der Waals surface area (Å²) in [5, 5.41) is 9.29. The van der Waals surface area contributed by atoms with Gasteiger partial charge in [0.2, 0.25) is 17.5 Å². The molecular formula is C32H39F5N4O7. The second-order valence-corrected chi connectivity index (χ2v) is 12.1. The minimum atomic E-state index is -1.87. The Labute approximate surface area is 274 Å². The summed E-state index contributed by atoms with van der Waals surface area (Å²) in [6.45, 7) is 7.44. The van der Waals surface area contributed by atoms with E-state index >= 15 is 0 Å². The molecule has 16 heteroatoms. The minimum Gasteiger partial charge on any atom is -0.479 e. The van der Waals surface area contributed by atoms with Gasteiger partial charge in [-0.1, -0.05) is 26.0 Å². The van der Waals surface area contributed by atoms with E-state index in [2.05, 4.69) is 21.3 Å². The Balaban J connectivity index is 2.17. The Morgan fingerprint density at radius 3 is 2.02 bits per heavy atom. The summed E-state index contributed by atoms with van der Waals surface area (Å²) < 4.78 is 79.4. The van der Waals surface area contributed by atoms with E-state index in [0.717, 1.165) is 6.07 Å². The van der Waals surface area contributed by atoms with E-state index in [9.17, 15) is 45.9 Å². The Morgan fingerprint density at radius 1 is 0.812 bits per heavy atom. The van der Waals surface area contributed by atoms with E-state index in [4.69, 9.17) is 9.47 Å². The van der Waals surface area contributed by atoms with Crippen molar-refractivity contribution < 1.29 is 55.4 Å². The maximum absolute atomic E-state index is 14.1. The van der Waals surface area contributed by atoms with Crippen molar-refractivity contribution >= 4 is 35.3 Å². The van der Waals surface area contributed by atoms with Crippen LogP contribution in [0.3, 0.4) is 0 Å². The lowest BCUT2D eigenvalue weighted by molar-refractivity contribution is -0.138. The Hall–Kier alpha value is -4.76. The van der Waals surface area contributed by atoms with Gasteiger partial charge in [-0.25, -0.2) is 18.0 Å². The van der Waals surface area contributed by atoms with E-state index < -0.39 is 88.7 Å². The molecule has 2 atom stereocenters. The van der Waals surface area contributed by atoms with Crippen LogP contribution in [0.5, 0.6) is 5.75 Å². The number of unbranched alkanes of at least 4 members (excludes halogenated alkanes) is 1. The molecule has 0 unspecified atom stereocenters. The molecule has 0 aliphatic rings. The fourth-order valence-corrected chi connectivity index (χ4v) is 4.15. The zero-order valence-corrected chi connectivity index (χ0v) is 27.1. The normalized spacial score (nSPS) is 12.5. The predicted molar refractivity (Wildman–Crippen MR) is 163 cm³/mol. The van der Waals surface area contributed by atoms with Crippen molar-refractivity contribution in [2.45, 2.75) is 78.0 Å². The number of para-hydroxylation sites is 1. The van der Waals surface area contributed by atoms with E-state index in [-0.39, 0.29) is 49.9 Å². The number of nitrogens with one attached hydrogen (secondary N) is 4. The van der Waals surface area contributed by atoms with Gasteiger partial charge >= 0.3 is 17.9 Å². The molecule has 0 heterocycles. The fourth-order valence-electron chi connectivity index (χ4n) is 4.15. The van der Waals surface area contributed by atoms with Crippen LogP contribution in [0.25, 0.3) is 0 Å². The fraction of sp³-hybridized carbons (Fsp3) is 0.469. The molecule has 0 aliphatic carbocycles. The van der Waals surface area contributed by atoms with Gasteiger partial charge in [-0.2, -0.15) is 8.78 Å². The van der Waals surface area contributed by atoms with E-state index in [1.165, 1.54) is 18.2 Å². The van der Waals surface area contributed by atoms with Crippen LogP contribution in [0, 0.1) is 35.0 Å². The monoisotopic (exact) mass is 686 g/mol. The number of ether oxygens (including phenoxy) is 2. The van der Waals surface area contributed by atoms with Gasteiger partial charge in [0.05, 0.1) is 11.7 Å². The summed E-state index contributed by atoms with van der Waals surface area (Å²) in [6, 6.07) is 2.25. The number of Topliss-reactive ketones (excluding diaryl/α,β-unsaturated/α-hetero) is 1. The number of alkyl carbamates (subject to hydrolysis) is 1. The number of carbonyl (C=O) groups excluding carboxylic acids is 5. The van der Waals surface area contributed by atoms with Gasteiger partial charge in [-0.3, -0.25) is 19.2 Å². The van der Waals surface area contributed by atoms with E-state index in [1.54, 1.807) is 34.6 Å². The standard InChI is InChI=1S/C32H39F5N4O7/c1-17(2)14-23(41-30(45)29(44)39-21-11-7-6-10-18(21)33)28(43)40-22(12-8-9-13-38-31(46)48-32(3,4)5)24(42)16-47-27-25(36)19(34)15-20(35)26(27)37/h6-7,10-11,15,17,22-23H,8-9,12-14,16H2,1-5H3,(H,38,46)(H,39,44)(H,40,43)(H,41,45)/t22-,23-/m0/s1. The van der Waals surface area contributed by atoms with Gasteiger partial charge in [-0.15, -0.1) is 0 Å². The largest absolute Gasteiger partial charge is 0.479 e. The lowest BCUT2D eigenvalue weighted by Crippen LogP contribution is -2.54. The molecule has 264 valence electrons. The Morgan fingerprint density at radius 2 is 1.44 bits per heavy atom. The van der Waals surface area contributed by atoms with Gasteiger partial charge < -0.3 is 30.7 Å². The Bertz CT molecular complexity index is 1460. The molecule has 4 N–H and O–H groups in total. The first-order valence-corrected chi connectivity index (χ1v) is 15.0. The first-order valence-electron chi connectivity index (χ1n) is 15.0. The lowest BCUT2D eigenvalue weighted by atomic mass is 10.0. The molecule has 2 aromatic carbocycles. The highest BCUT2D eigenvalue weighted by Crippen LogP contribution is 2.26. The van der Waals surface area contributed by atoms with Crippen molar-refractivity contribution in [2.24, 2.45) is 5.92 Å². The first-order chi connectivity index (χ1) is 22.4. The highest BCUT2D eigenvalue weighted by molar-refractivity contribution is 6.40. The molecule has 0 aromatic heterocycles. The van der Waals surface area contributed by atoms with Gasteiger partial charge in [-0.05, 0) is 64.5 Å². The van der Waals surface area contributed by atoms with Crippen LogP contribution in [0.1, 0.15) is 60.3 Å². The molecule has 2 rings (SSSR count). The van der Waals surface area contributed by atoms with E-state index in [0.29, 0.717) is 0 Å². The summed E-state index contributed by atoms with van der Waals surface area (Å²) in [6.07, 6.45) is -0.339. The van der Waals surface area contributed by atoms with Gasteiger partial charge in [0, 0.05) is 12.6 Å². The van der Waals surface area contributed by atoms with Crippen LogP contribution in [-0.2, 0) is 23.9 Å². The molecule has 0 radical (unpaired) electrons. The Kier molecular flexibility index (Phi) is 14.8. The number of hydrogen-bond donors (Lipinski definition) is 4. The number of amides is 4. The third kappa shape index (κ3) is 12.8. The van der Waals surface area contributed by atoms with Crippen molar-refractivity contribution in [3.63, 3.8) is 0 Å². The SMILES string of the molecule is CC(C)C[C@H](NC(=O)C(=O)Nc1ccccc1F)C(=O)N[C@@H](CCCCNC(=O)OC(C)(C)C)C(=O)COc1c(F)c(F)cc(F)c1F. The quantitative estimate of drug-likeness (QED) is 0.0920. The summed E-state index contributed by atoms with van der Waals surface area (Å²) in [5.41, 5.74) is -1.02. The van der Waals surface area contributed by atoms with Gasteiger partial charge in [0.1, 0.15) is 24.1 Å². The molecule has 4 amide bonds. The van der Waals surface area contributed by atoms with Crippen LogP contribution in [0.15, 0.2) is 30.3 Å². The lowest BCUT2D eigenvalue weighted by Gasteiger charge is -2.24. The number of halogens is 5. The number of benzene rings is 2. The molecular weight excluding hydrogens is 647 g/mol. The molecule has 0 aliphatic heterocycles. The highest BCUT2D eigenvalue weighted by atomic mass is 19.2. The average Bonchev–Trinajstić information content (AvgIpc) is 2.98. The van der Waals surface area contributed by atoms with Crippen molar-refractivity contribution in [1.29, 1.82) is 0 Å². The number of anilines is 1. The van der Waals surface area contributed by atoms with Crippen molar-refractivity contribution in [2.75, 3.05) is 18.5 Å². The molecule has 0 saturated carbocycles. The molecule has 0 fully saturated rings. The zero-order valence-electron chi connectivity index (χ0n) is 27.1. The molecule has 11 nitrogen and oxygen atoms in total. The second-order valence-electron chi connectivity index (χ2n) is 12.1. The summed E-state index contributed by atoms with van der Waals surface area (Å²) >= 11 is 0. The van der Waals surface area contributed by atoms with Gasteiger partial charge in [0.25, 0.3) is 0 Å². The second kappa shape index (κ2) is 18.0. The third-order valence-electron chi connectivity index (χ3n) is 6.38. The maximum atomic E-state index is 14.1. The number of rotatable bonds is 15. The zero-order chi connectivity index (χ0) is 36.2. The highest BCUT2D eigenvalue weighted by Gasteiger charge is 2.30. The topological polar surface area (TPSA) is 152 Å². The summed E-state index contributed by atoms with van der Waals surface area (Å²) in [5.74, 6) is -14.2. The van der Waals surface area contributed by atoms with Gasteiger partial charge in [0.15, 0.2) is 23.2 Å². The van der Waals surface area contributed by atoms with Crippen molar-refractivity contribution in [3.8, 4) is 5.75 Å². The van der Waals surface area contributed by atoms with Crippen molar-refractivity contribution in [3.05, 3.63) is 59.4 Å². The average molecular weight is 687 g/mol. The molecule has 0 saturated heterocycles. The smallest absolute Gasteiger partial charge is 0.407 e. The number of hydrogen-bond acceptors (Lipinski definition) is 7. The summed E-state index contributed by atoms with van der Waals surface area (Å²) in [7, 11) is 0.